The molecule has 0 bridgehead atoms. The lowest BCUT2D eigenvalue weighted by Gasteiger charge is -2.28. The Morgan fingerprint density at radius 2 is 1.00 bits per heavy atom. The number of carboxylic acids is 1. The largest absolute Gasteiger partial charge is 0.508 e. The topological polar surface area (TPSA) is 597 Å². The Kier molecular flexibility index (Phi) is 40.7. The van der Waals surface area contributed by atoms with Crippen molar-refractivity contribution < 1.29 is 82.8 Å². The smallest absolute Gasteiger partial charge is 0.305 e. The molecule has 0 aliphatic rings. The second-order valence-electron chi connectivity index (χ2n) is 26.7. The van der Waals surface area contributed by atoms with Gasteiger partial charge in [0.05, 0.1) is 55.4 Å². The van der Waals surface area contributed by atoms with Crippen LogP contribution in [0.25, 0.3) is 0 Å². The van der Waals surface area contributed by atoms with Gasteiger partial charge < -0.3 is 102 Å². The average Bonchev–Trinajstić information content (AvgIpc) is 1.28. The number of hydrogen-bond donors (Lipinski definition) is 18. The summed E-state index contributed by atoms with van der Waals surface area (Å²) in [5, 5.41) is 60.1. The zero-order chi connectivity index (χ0) is 76.8. The molecule has 0 aliphatic heterocycles. The number of benzene rings is 1. The number of aromatic amines is 1. The molecule has 1 aromatic carbocycles. The summed E-state index contributed by atoms with van der Waals surface area (Å²) in [5.41, 5.74) is 34.4. The molecule has 0 saturated heterocycles. The first kappa shape index (κ1) is 88.6. The number of phenolic OH excluding ortho intramolecular Hbond substituents is 1. The first-order valence-electron chi connectivity index (χ1n) is 34.7. The zero-order valence-corrected chi connectivity index (χ0v) is 59.7. The Bertz CT molecular complexity index is 3120. The number of carboxylic acid groups (broad SMARTS) is 1. The van der Waals surface area contributed by atoms with Crippen LogP contribution in [0.1, 0.15) is 169 Å². The van der Waals surface area contributed by atoms with Crippen molar-refractivity contribution in [2.24, 2.45) is 79.9 Å². The predicted octanol–water partition coefficient (Wildman–Crippen LogP) is -1.53. The molecule has 0 aliphatic carbocycles. The van der Waals surface area contributed by atoms with Gasteiger partial charge >= 0.3 is 5.97 Å². The Labute approximate surface area is 594 Å². The van der Waals surface area contributed by atoms with E-state index < -0.39 is 175 Å². The van der Waals surface area contributed by atoms with Gasteiger partial charge in [0.25, 0.3) is 0 Å². The molecule has 0 radical (unpaired) electrons. The number of hydrogen-bond acceptors (Lipinski definition) is 20. The van der Waals surface area contributed by atoms with Gasteiger partial charge in [-0.15, -0.1) is 0 Å². The van der Waals surface area contributed by atoms with Crippen LogP contribution in [0, 0.1) is 35.5 Å². The lowest BCUT2D eigenvalue weighted by molar-refractivity contribution is -0.142. The summed E-state index contributed by atoms with van der Waals surface area (Å²) in [6, 6.07) is -4.43. The summed E-state index contributed by atoms with van der Waals surface area (Å²) in [6.45, 7) is 10.9. The van der Waals surface area contributed by atoms with E-state index in [9.17, 15) is 82.8 Å². The second-order valence-corrected chi connectivity index (χ2v) is 26.7. The van der Waals surface area contributed by atoms with Crippen molar-refractivity contribution in [2.45, 2.75) is 219 Å². The van der Waals surface area contributed by atoms with Crippen LogP contribution in [-0.4, -0.2) is 193 Å². The molecule has 570 valence electrons. The molecule has 0 saturated carbocycles. The number of nitrogens with one attached hydrogen (secondary N) is 8. The third-order valence-corrected chi connectivity index (χ3v) is 16.7. The lowest BCUT2D eigenvalue weighted by Crippen LogP contribution is -2.59. The maximum absolute atomic E-state index is 14.7. The van der Waals surface area contributed by atoms with Crippen LogP contribution in [0.15, 0.2) is 46.8 Å². The van der Waals surface area contributed by atoms with Crippen molar-refractivity contribution in [3.05, 3.63) is 48.0 Å². The van der Waals surface area contributed by atoms with Crippen LogP contribution >= 0.6 is 0 Å². The van der Waals surface area contributed by atoms with Crippen molar-refractivity contribution in [2.75, 3.05) is 26.2 Å². The number of imidazole rings is 1. The summed E-state index contributed by atoms with van der Waals surface area (Å²) < 4.78 is 0. The van der Waals surface area contributed by atoms with E-state index >= 15 is 0 Å². The molecule has 2 rings (SSSR count). The molecule has 24 N–H and O–H groups in total. The van der Waals surface area contributed by atoms with E-state index in [4.69, 9.17) is 34.4 Å². The fraction of sp³-hybridized carbons (Fsp3) is 0.647. The maximum Gasteiger partial charge on any atom is 0.305 e. The SMILES string of the molecule is CCCC[C@H](NC(=O)[C@H](CO)CC(=O)[C@H](CCCN=C(N)N)NC(=O)[C@@H](CC(C)=O)CC(C)C)C(=O)C[C@H](C(=O)N[C@@H](CC(=O)O)C(=O)C[C@@H](CCCCN)C(=O)N[C@@H](Cc1ccc(O)cc1)C(=O)N[C@@H](CCCN=C(N)N)C(=O)N[C@@H](CC(C)C)C(=O)N[C@@H](Cc1cnc[nH]1)C(N)=O)[C@@H](C)O. The van der Waals surface area contributed by atoms with Crippen LogP contribution in [0.5, 0.6) is 5.75 Å². The van der Waals surface area contributed by atoms with E-state index in [0.29, 0.717) is 36.9 Å². The molecular weight excluding hydrogens is 1330 g/mol. The molecule has 0 fully saturated rings. The van der Waals surface area contributed by atoms with E-state index in [1.807, 2.05) is 13.8 Å². The van der Waals surface area contributed by atoms with Crippen molar-refractivity contribution in [1.29, 1.82) is 0 Å². The van der Waals surface area contributed by atoms with Gasteiger partial charge in [-0.1, -0.05) is 66.0 Å². The normalized spacial score (nSPS) is 14.8. The standard InChI is InChI=1S/C68H111N17O17/c1-8-9-15-48(80-62(98)44(35-86)30-55(90)49(16-12-23-76-67(71)72)79-61(97)43(25-37(2)3)27-39(6)87)57(92)32-47(40(7)88)63(99)82-51(33-58(93)94)56(91)29-42(14-10-11-22-69)60(96)84-54(28-41-18-20-46(89)21-19-41)66(102)81-50(17-13-24-77-68(73)74)64(100)85-53(26-38(4)5)65(101)83-52(59(70)95)31-45-34-75-36-78-45/h18-21,34,36-38,40,42-44,47-54,86,88-89H,8-17,22-33,35,69H2,1-7H3,(H2,70,95)(H,75,78)(H,79,97)(H,80,98)(H,81,102)(H,82,99)(H,83,101)(H,84,96)(H,85,100)(H,93,94)(H4,71,72,76)(H4,73,74,77)/t40-,42-,43-,44+,47+,48+,49+,50+,51+,52+,53+,54+/m1/s1. The Balaban J connectivity index is 2.54. The number of phenols is 1. The number of ketones is 4. The average molecular weight is 1440 g/mol. The monoisotopic (exact) mass is 1440 g/mol. The zero-order valence-electron chi connectivity index (χ0n) is 59.7. The number of aromatic hydroxyl groups is 1. The summed E-state index contributed by atoms with van der Waals surface area (Å²) in [7, 11) is 0. The number of nitrogens with two attached hydrogens (primary N) is 6. The van der Waals surface area contributed by atoms with Crippen molar-refractivity contribution >= 4 is 88.3 Å². The first-order chi connectivity index (χ1) is 48.1. The number of carbonyl (C=O) groups is 13. The van der Waals surface area contributed by atoms with E-state index in [1.165, 1.54) is 43.7 Å². The van der Waals surface area contributed by atoms with Gasteiger partial charge in [-0.2, -0.15) is 0 Å². The summed E-state index contributed by atoms with van der Waals surface area (Å²) in [5.74, 6) is -17.4. The van der Waals surface area contributed by atoms with Gasteiger partial charge in [0.15, 0.2) is 29.3 Å². The number of primary amides is 1. The first-order valence-corrected chi connectivity index (χ1v) is 34.7. The quantitative estimate of drug-likeness (QED) is 0.0203. The number of rotatable bonds is 53. The van der Waals surface area contributed by atoms with Gasteiger partial charge in [-0.25, -0.2) is 4.98 Å². The minimum Gasteiger partial charge on any atom is -0.508 e. The Morgan fingerprint density at radius 1 is 0.520 bits per heavy atom. The number of nitrogens with zero attached hydrogens (tertiary/aromatic N) is 3. The number of aliphatic hydroxyl groups excluding tert-OH is 2. The number of aromatic nitrogens is 2. The summed E-state index contributed by atoms with van der Waals surface area (Å²) in [4.78, 5) is 194. The summed E-state index contributed by atoms with van der Waals surface area (Å²) in [6.07, 6.45) is -0.666. The van der Waals surface area contributed by atoms with Crippen LogP contribution in [-0.2, 0) is 75.2 Å². The third-order valence-electron chi connectivity index (χ3n) is 16.7. The second kappa shape index (κ2) is 46.9. The fourth-order valence-corrected chi connectivity index (χ4v) is 11.2. The van der Waals surface area contributed by atoms with Crippen LogP contribution < -0.4 is 71.6 Å². The fourth-order valence-electron chi connectivity index (χ4n) is 11.2. The highest BCUT2D eigenvalue weighted by atomic mass is 16.4. The highest BCUT2D eigenvalue weighted by Gasteiger charge is 2.39. The molecule has 8 amide bonds. The molecule has 34 nitrogen and oxygen atoms in total. The molecule has 12 atom stereocenters. The number of aliphatic carboxylic acids is 1. The van der Waals surface area contributed by atoms with E-state index in [1.54, 1.807) is 20.8 Å². The molecule has 102 heavy (non-hydrogen) atoms. The molecule has 34 heteroatoms. The predicted molar refractivity (Wildman–Crippen MR) is 377 cm³/mol. The third kappa shape index (κ3) is 34.8. The van der Waals surface area contributed by atoms with Gasteiger partial charge in [-0.3, -0.25) is 67.5 Å². The van der Waals surface area contributed by atoms with E-state index in [0.717, 1.165) is 6.92 Å². The van der Waals surface area contributed by atoms with Gasteiger partial charge in [0, 0.05) is 75.3 Å². The highest BCUT2D eigenvalue weighted by molar-refractivity contribution is 6.00. The van der Waals surface area contributed by atoms with Crippen molar-refractivity contribution in [3.63, 3.8) is 0 Å². The number of carbonyl (C=O) groups excluding carboxylic acids is 12. The van der Waals surface area contributed by atoms with Crippen LogP contribution in [0.3, 0.4) is 0 Å². The van der Waals surface area contributed by atoms with Crippen molar-refractivity contribution in [1.82, 2.24) is 47.2 Å². The summed E-state index contributed by atoms with van der Waals surface area (Å²) >= 11 is 0. The molecular formula is C68H111N17O17. The number of amides is 8. The molecule has 0 spiro atoms. The van der Waals surface area contributed by atoms with Crippen molar-refractivity contribution in [3.8, 4) is 5.75 Å². The van der Waals surface area contributed by atoms with E-state index in [-0.39, 0.29) is 126 Å². The maximum atomic E-state index is 14.7. The van der Waals surface area contributed by atoms with Crippen LogP contribution in [0.4, 0.5) is 0 Å². The number of H-pyrrole nitrogens is 1. The number of Topliss-reactive ketones (excluding diaryl/α,β-unsaturated/α-hetero) is 4. The highest BCUT2D eigenvalue weighted by Crippen LogP contribution is 2.23. The minimum absolute atomic E-state index is 0.00516. The van der Waals surface area contributed by atoms with Crippen LogP contribution in [0.2, 0.25) is 0 Å². The Morgan fingerprint density at radius 3 is 1.51 bits per heavy atom. The number of aliphatic hydroxyl groups is 2. The number of aliphatic imine (C=N–C) groups is 2. The lowest BCUT2D eigenvalue weighted by atomic mass is 9.89. The number of unbranched alkanes of at least 4 members (excludes halogenated alkanes) is 2. The van der Waals surface area contributed by atoms with Gasteiger partial charge in [0.2, 0.25) is 47.3 Å². The molecule has 2 aromatic rings. The molecule has 1 aromatic heterocycles. The van der Waals surface area contributed by atoms with E-state index in [2.05, 4.69) is 57.2 Å². The molecule has 0 unspecified atom stereocenters. The van der Waals surface area contributed by atoms with Gasteiger partial charge in [-0.05, 0) is 108 Å². The number of guanidine groups is 2. The Hall–Kier alpha value is -9.44. The molecule has 1 heterocycles. The van der Waals surface area contributed by atoms with Gasteiger partial charge in [0.1, 0.15) is 35.7 Å². The minimum atomic E-state index is -1.89.